The molecule has 0 spiro atoms. The fraction of sp³-hybridized carbons (Fsp3) is 0.556. The van der Waals surface area contributed by atoms with Gasteiger partial charge in [0.25, 0.3) is 0 Å². The first-order valence-electron chi connectivity index (χ1n) is 4.32. The zero-order valence-electron chi connectivity index (χ0n) is 8.54. The van der Waals surface area contributed by atoms with Gasteiger partial charge in [-0.05, 0) is 32.2 Å². The number of rotatable bonds is 4. The van der Waals surface area contributed by atoms with E-state index < -0.39 is 0 Å². The van der Waals surface area contributed by atoms with Crippen molar-refractivity contribution in [2.75, 3.05) is 18.1 Å². The molecular weight excluding hydrogens is 218 g/mol. The Hall–Kier alpha value is -0.480. The van der Waals surface area contributed by atoms with Gasteiger partial charge in [0.2, 0.25) is 0 Å². The predicted octanol–water partition coefficient (Wildman–Crippen LogP) is 2.68. The molecule has 0 aliphatic carbocycles. The highest BCUT2D eigenvalue weighted by Gasteiger charge is 2.15. The Bertz CT molecular complexity index is 287. The van der Waals surface area contributed by atoms with E-state index >= 15 is 0 Å². The Balaban J connectivity index is 2.50. The highest BCUT2D eigenvalue weighted by atomic mass is 35.5. The third-order valence-corrected chi connectivity index (χ3v) is 3.33. The van der Waals surface area contributed by atoms with Crippen LogP contribution in [0.2, 0.25) is 5.15 Å². The molecule has 0 fully saturated rings. The number of halogens is 1. The Kier molecular flexibility index (Phi) is 4.01. The van der Waals surface area contributed by atoms with Gasteiger partial charge in [-0.15, -0.1) is 10.2 Å². The average molecular weight is 232 g/mol. The van der Waals surface area contributed by atoms with Crippen LogP contribution in [-0.2, 0) is 0 Å². The Labute approximate surface area is 93.6 Å². The average Bonchev–Trinajstić information content (AvgIpc) is 2.17. The molecule has 78 valence electrons. The molecule has 1 aromatic heterocycles. The SMILES string of the molecule is CSC(C)(C)CNc1ccc(Cl)nn1. The van der Waals surface area contributed by atoms with Crippen molar-refractivity contribution in [2.24, 2.45) is 0 Å². The van der Waals surface area contributed by atoms with E-state index in [1.165, 1.54) is 0 Å². The van der Waals surface area contributed by atoms with E-state index in [0.29, 0.717) is 5.15 Å². The van der Waals surface area contributed by atoms with Crippen LogP contribution in [0.4, 0.5) is 5.82 Å². The molecule has 0 aliphatic rings. The highest BCUT2D eigenvalue weighted by molar-refractivity contribution is 7.99. The summed E-state index contributed by atoms with van der Waals surface area (Å²) in [5.41, 5.74) is 0. The molecule has 3 nitrogen and oxygen atoms in total. The van der Waals surface area contributed by atoms with Crippen LogP contribution < -0.4 is 5.32 Å². The van der Waals surface area contributed by atoms with Crippen LogP contribution >= 0.6 is 23.4 Å². The number of hydrogen-bond donors (Lipinski definition) is 1. The minimum atomic E-state index is 0.196. The molecule has 0 radical (unpaired) electrons. The summed E-state index contributed by atoms with van der Waals surface area (Å²) >= 11 is 7.44. The predicted molar refractivity (Wildman–Crippen MR) is 63.1 cm³/mol. The van der Waals surface area contributed by atoms with Crippen molar-refractivity contribution in [1.82, 2.24) is 10.2 Å². The van der Waals surface area contributed by atoms with Gasteiger partial charge in [-0.2, -0.15) is 11.8 Å². The molecule has 1 aromatic rings. The molecule has 0 saturated heterocycles. The van der Waals surface area contributed by atoms with Crippen LogP contribution in [0.3, 0.4) is 0 Å². The fourth-order valence-electron chi connectivity index (χ4n) is 0.786. The van der Waals surface area contributed by atoms with E-state index in [1.807, 2.05) is 17.8 Å². The molecule has 5 heteroatoms. The third-order valence-electron chi connectivity index (χ3n) is 1.88. The number of aromatic nitrogens is 2. The minimum Gasteiger partial charge on any atom is -0.367 e. The van der Waals surface area contributed by atoms with Crippen molar-refractivity contribution >= 4 is 29.2 Å². The summed E-state index contributed by atoms with van der Waals surface area (Å²) in [7, 11) is 0. The molecular formula is C9H14ClN3S. The van der Waals surface area contributed by atoms with Crippen LogP contribution in [0.1, 0.15) is 13.8 Å². The largest absolute Gasteiger partial charge is 0.367 e. The molecule has 0 aliphatic heterocycles. The molecule has 1 heterocycles. The maximum absolute atomic E-state index is 5.62. The van der Waals surface area contributed by atoms with Crippen LogP contribution in [0.5, 0.6) is 0 Å². The number of nitrogens with zero attached hydrogens (tertiary/aromatic N) is 2. The summed E-state index contributed by atoms with van der Waals surface area (Å²) in [5, 5.41) is 11.3. The topological polar surface area (TPSA) is 37.8 Å². The maximum Gasteiger partial charge on any atom is 0.151 e. The first kappa shape index (κ1) is 11.6. The highest BCUT2D eigenvalue weighted by Crippen LogP contribution is 2.21. The summed E-state index contributed by atoms with van der Waals surface area (Å²) in [6.07, 6.45) is 2.09. The number of hydrogen-bond acceptors (Lipinski definition) is 4. The van der Waals surface area contributed by atoms with Gasteiger partial charge >= 0.3 is 0 Å². The summed E-state index contributed by atoms with van der Waals surface area (Å²) in [5.74, 6) is 0.761. The maximum atomic E-state index is 5.62. The first-order valence-corrected chi connectivity index (χ1v) is 5.92. The van der Waals surface area contributed by atoms with Crippen molar-refractivity contribution in [1.29, 1.82) is 0 Å². The summed E-state index contributed by atoms with van der Waals surface area (Å²) in [6.45, 7) is 5.20. The van der Waals surface area contributed by atoms with Gasteiger partial charge in [0.05, 0.1) is 0 Å². The summed E-state index contributed by atoms with van der Waals surface area (Å²) in [4.78, 5) is 0. The van der Waals surface area contributed by atoms with Crippen LogP contribution in [-0.4, -0.2) is 27.7 Å². The van der Waals surface area contributed by atoms with E-state index in [2.05, 4.69) is 35.6 Å². The summed E-state index contributed by atoms with van der Waals surface area (Å²) < 4.78 is 0.196. The van der Waals surface area contributed by atoms with Gasteiger partial charge < -0.3 is 5.32 Å². The zero-order chi connectivity index (χ0) is 10.6. The second-order valence-electron chi connectivity index (χ2n) is 3.56. The van der Waals surface area contributed by atoms with E-state index in [1.54, 1.807) is 6.07 Å². The van der Waals surface area contributed by atoms with Crippen molar-refractivity contribution in [3.05, 3.63) is 17.3 Å². The second-order valence-corrected chi connectivity index (χ2v) is 5.46. The molecule has 1 N–H and O–H groups in total. The van der Waals surface area contributed by atoms with Crippen molar-refractivity contribution in [3.63, 3.8) is 0 Å². The number of thioether (sulfide) groups is 1. The van der Waals surface area contributed by atoms with E-state index in [-0.39, 0.29) is 4.75 Å². The van der Waals surface area contributed by atoms with Crippen LogP contribution in [0, 0.1) is 0 Å². The van der Waals surface area contributed by atoms with Gasteiger partial charge in [0.15, 0.2) is 5.15 Å². The molecule has 0 aromatic carbocycles. The molecule has 14 heavy (non-hydrogen) atoms. The Morgan fingerprint density at radius 3 is 2.64 bits per heavy atom. The zero-order valence-corrected chi connectivity index (χ0v) is 10.1. The Morgan fingerprint density at radius 1 is 1.43 bits per heavy atom. The molecule has 0 bridgehead atoms. The molecule has 0 atom stereocenters. The van der Waals surface area contributed by atoms with E-state index in [4.69, 9.17) is 11.6 Å². The standard InChI is InChI=1S/C9H14ClN3S/c1-9(2,14-3)6-11-8-5-4-7(10)12-13-8/h4-5H,6H2,1-3H3,(H,11,13). The lowest BCUT2D eigenvalue weighted by molar-refractivity contribution is 0.748. The monoisotopic (exact) mass is 231 g/mol. The van der Waals surface area contributed by atoms with Crippen molar-refractivity contribution in [3.8, 4) is 0 Å². The van der Waals surface area contributed by atoms with Gasteiger partial charge in [-0.1, -0.05) is 11.6 Å². The molecule has 0 unspecified atom stereocenters. The van der Waals surface area contributed by atoms with Crippen molar-refractivity contribution < 1.29 is 0 Å². The minimum absolute atomic E-state index is 0.196. The Morgan fingerprint density at radius 2 is 2.14 bits per heavy atom. The molecule has 0 amide bonds. The van der Waals surface area contributed by atoms with Gasteiger partial charge in [0, 0.05) is 11.3 Å². The lowest BCUT2D eigenvalue weighted by Crippen LogP contribution is -2.26. The van der Waals surface area contributed by atoms with Gasteiger partial charge in [-0.3, -0.25) is 0 Å². The molecule has 0 saturated carbocycles. The second kappa shape index (κ2) is 4.84. The normalized spacial score (nSPS) is 11.4. The van der Waals surface area contributed by atoms with E-state index in [9.17, 15) is 0 Å². The van der Waals surface area contributed by atoms with Gasteiger partial charge in [-0.25, -0.2) is 0 Å². The lowest BCUT2D eigenvalue weighted by Gasteiger charge is -2.22. The van der Waals surface area contributed by atoms with Crippen LogP contribution in [0.15, 0.2) is 12.1 Å². The fourth-order valence-corrected chi connectivity index (χ4v) is 1.10. The summed E-state index contributed by atoms with van der Waals surface area (Å²) in [6, 6.07) is 3.55. The first-order chi connectivity index (χ1) is 6.53. The quantitative estimate of drug-likeness (QED) is 0.865. The van der Waals surface area contributed by atoms with Crippen molar-refractivity contribution in [2.45, 2.75) is 18.6 Å². The third kappa shape index (κ3) is 3.72. The number of anilines is 1. The smallest absolute Gasteiger partial charge is 0.151 e. The molecule has 1 rings (SSSR count). The lowest BCUT2D eigenvalue weighted by atomic mass is 10.2. The number of nitrogens with one attached hydrogen (secondary N) is 1. The van der Waals surface area contributed by atoms with Gasteiger partial charge in [0.1, 0.15) is 5.82 Å². The van der Waals surface area contributed by atoms with E-state index in [0.717, 1.165) is 12.4 Å². The van der Waals surface area contributed by atoms with Crippen LogP contribution in [0.25, 0.3) is 0 Å².